The summed E-state index contributed by atoms with van der Waals surface area (Å²) in [5.41, 5.74) is 5.20. The number of Topliss-reactive ketones (excluding diaryl/α,β-unsaturated/α-hetero) is 1. The molecule has 1 aliphatic rings. The van der Waals surface area contributed by atoms with Gasteiger partial charge in [0.25, 0.3) is 0 Å². The summed E-state index contributed by atoms with van der Waals surface area (Å²) in [5.74, 6) is 0.173. The van der Waals surface area contributed by atoms with Crippen molar-refractivity contribution in [3.05, 3.63) is 78.0 Å². The number of nitrogens with zero attached hydrogens (tertiary/aromatic N) is 3. The summed E-state index contributed by atoms with van der Waals surface area (Å²) in [6.07, 6.45) is 1.35. The number of aromatic nitrogens is 3. The molecule has 2 heterocycles. The molecule has 2 aromatic heterocycles. The van der Waals surface area contributed by atoms with Crippen molar-refractivity contribution in [3.63, 3.8) is 0 Å². The van der Waals surface area contributed by atoms with Crippen LogP contribution in [0.2, 0.25) is 0 Å². The minimum absolute atomic E-state index is 0.0649. The topological polar surface area (TPSA) is 47.8 Å². The highest BCUT2D eigenvalue weighted by Crippen LogP contribution is 2.37. The molecule has 0 spiro atoms. The largest absolute Gasteiger partial charge is 0.294 e. The fourth-order valence-corrected chi connectivity index (χ4v) is 4.06. The number of ketones is 1. The number of hydrogen-bond donors (Lipinski definition) is 0. The Balaban J connectivity index is 1.82. The molecular weight excluding hydrogens is 346 g/mol. The van der Waals surface area contributed by atoms with Gasteiger partial charge in [-0.1, -0.05) is 62.4 Å². The first kappa shape index (κ1) is 16.9. The third kappa shape index (κ3) is 2.73. The minimum Gasteiger partial charge on any atom is -0.294 e. The Morgan fingerprint density at radius 2 is 1.61 bits per heavy atom. The second kappa shape index (κ2) is 6.13. The van der Waals surface area contributed by atoms with E-state index in [2.05, 4.69) is 13.8 Å². The van der Waals surface area contributed by atoms with Crippen LogP contribution >= 0.6 is 0 Å². The molecule has 0 amide bonds. The lowest BCUT2D eigenvalue weighted by molar-refractivity contribution is 0.0910. The molecule has 0 saturated carbocycles. The SMILES string of the molecule is CC1(C)CC(=O)c2cc3c(-c4ccccc4)nn(-c4ccccc4)c3nc2C1. The average Bonchev–Trinajstić information content (AvgIpc) is 3.06. The minimum atomic E-state index is -0.0649. The number of fused-ring (bicyclic) bond motifs is 2. The van der Waals surface area contributed by atoms with Crippen LogP contribution in [0.5, 0.6) is 0 Å². The molecule has 0 radical (unpaired) electrons. The summed E-state index contributed by atoms with van der Waals surface area (Å²) in [6, 6.07) is 22.1. The molecule has 0 fully saturated rings. The summed E-state index contributed by atoms with van der Waals surface area (Å²) in [4.78, 5) is 17.8. The van der Waals surface area contributed by atoms with E-state index in [1.165, 1.54) is 0 Å². The molecule has 0 aliphatic heterocycles. The van der Waals surface area contributed by atoms with Crippen molar-refractivity contribution < 1.29 is 4.79 Å². The van der Waals surface area contributed by atoms with Crippen LogP contribution in [-0.4, -0.2) is 20.5 Å². The van der Waals surface area contributed by atoms with Crippen LogP contribution in [0, 0.1) is 5.41 Å². The van der Waals surface area contributed by atoms with Gasteiger partial charge in [-0.25, -0.2) is 9.67 Å². The highest BCUT2D eigenvalue weighted by atomic mass is 16.1. The maximum atomic E-state index is 12.8. The molecule has 0 atom stereocenters. The normalized spacial score (nSPS) is 15.6. The number of pyridine rings is 1. The number of para-hydroxylation sites is 1. The monoisotopic (exact) mass is 367 g/mol. The van der Waals surface area contributed by atoms with Crippen LogP contribution in [0.15, 0.2) is 66.7 Å². The van der Waals surface area contributed by atoms with Crippen LogP contribution in [0.3, 0.4) is 0 Å². The predicted octanol–water partition coefficient (Wildman–Crippen LogP) is 5.24. The molecule has 0 N–H and O–H groups in total. The highest BCUT2D eigenvalue weighted by Gasteiger charge is 2.33. The van der Waals surface area contributed by atoms with Crippen molar-refractivity contribution in [3.8, 4) is 16.9 Å². The van der Waals surface area contributed by atoms with Crippen LogP contribution in [-0.2, 0) is 6.42 Å². The lowest BCUT2D eigenvalue weighted by atomic mass is 9.75. The van der Waals surface area contributed by atoms with E-state index >= 15 is 0 Å². The first-order valence-corrected chi connectivity index (χ1v) is 9.59. The molecule has 1 aliphatic carbocycles. The zero-order valence-electron chi connectivity index (χ0n) is 16.0. The number of carbonyl (C=O) groups excluding carboxylic acids is 1. The zero-order chi connectivity index (χ0) is 19.3. The van der Waals surface area contributed by atoms with Crippen molar-refractivity contribution in [2.45, 2.75) is 26.7 Å². The van der Waals surface area contributed by atoms with E-state index in [1.807, 2.05) is 71.4 Å². The third-order valence-electron chi connectivity index (χ3n) is 5.37. The number of rotatable bonds is 2. The highest BCUT2D eigenvalue weighted by molar-refractivity contribution is 6.03. The second-order valence-corrected chi connectivity index (χ2v) is 8.26. The number of hydrogen-bond acceptors (Lipinski definition) is 3. The zero-order valence-corrected chi connectivity index (χ0v) is 16.0. The maximum absolute atomic E-state index is 12.8. The van der Waals surface area contributed by atoms with Crippen molar-refractivity contribution in [2.75, 3.05) is 0 Å². The van der Waals surface area contributed by atoms with Crippen LogP contribution in [0.1, 0.15) is 36.3 Å². The van der Waals surface area contributed by atoms with Gasteiger partial charge in [0.15, 0.2) is 11.4 Å². The fourth-order valence-electron chi connectivity index (χ4n) is 4.06. The van der Waals surface area contributed by atoms with E-state index in [0.29, 0.717) is 6.42 Å². The molecule has 5 rings (SSSR count). The van der Waals surface area contributed by atoms with Gasteiger partial charge < -0.3 is 0 Å². The Morgan fingerprint density at radius 1 is 0.929 bits per heavy atom. The van der Waals surface area contributed by atoms with Gasteiger partial charge in [-0.3, -0.25) is 4.79 Å². The van der Waals surface area contributed by atoms with Crippen molar-refractivity contribution in [1.29, 1.82) is 0 Å². The lowest BCUT2D eigenvalue weighted by Gasteiger charge is -2.29. The Hall–Kier alpha value is -3.27. The van der Waals surface area contributed by atoms with Crippen molar-refractivity contribution >= 4 is 16.8 Å². The van der Waals surface area contributed by atoms with Gasteiger partial charge in [0.1, 0.15) is 5.69 Å². The molecule has 0 saturated heterocycles. The summed E-state index contributed by atoms with van der Waals surface area (Å²) in [6.45, 7) is 4.26. The van der Waals surface area contributed by atoms with E-state index in [4.69, 9.17) is 10.1 Å². The quantitative estimate of drug-likeness (QED) is 0.487. The summed E-state index contributed by atoms with van der Waals surface area (Å²) in [7, 11) is 0. The maximum Gasteiger partial charge on any atom is 0.165 e. The molecule has 28 heavy (non-hydrogen) atoms. The molecule has 4 heteroatoms. The third-order valence-corrected chi connectivity index (χ3v) is 5.37. The Bertz CT molecular complexity index is 1190. The molecule has 4 nitrogen and oxygen atoms in total. The van der Waals surface area contributed by atoms with Gasteiger partial charge in [-0.15, -0.1) is 0 Å². The molecule has 138 valence electrons. The van der Waals surface area contributed by atoms with E-state index in [1.54, 1.807) is 0 Å². The van der Waals surface area contributed by atoms with E-state index in [-0.39, 0.29) is 11.2 Å². The van der Waals surface area contributed by atoms with Gasteiger partial charge in [0, 0.05) is 22.9 Å². The fraction of sp³-hybridized carbons (Fsp3) is 0.208. The first-order valence-electron chi connectivity index (χ1n) is 9.59. The van der Waals surface area contributed by atoms with E-state index in [0.717, 1.165) is 45.7 Å². The van der Waals surface area contributed by atoms with Crippen molar-refractivity contribution in [2.24, 2.45) is 5.41 Å². The number of benzene rings is 2. The first-order chi connectivity index (χ1) is 13.5. The van der Waals surface area contributed by atoms with Crippen LogP contribution in [0.25, 0.3) is 28.0 Å². The van der Waals surface area contributed by atoms with Gasteiger partial charge in [0.05, 0.1) is 11.4 Å². The van der Waals surface area contributed by atoms with Gasteiger partial charge in [0.2, 0.25) is 0 Å². The Labute approximate surface area is 163 Å². The predicted molar refractivity (Wildman–Crippen MR) is 111 cm³/mol. The number of carbonyl (C=O) groups is 1. The Morgan fingerprint density at radius 3 is 2.32 bits per heavy atom. The standard InChI is InChI=1S/C24H21N3O/c1-24(2)14-20-18(21(28)15-24)13-19-22(16-9-5-3-6-10-16)26-27(23(19)25-20)17-11-7-4-8-12-17/h3-13H,14-15H2,1-2H3. The molecular formula is C24H21N3O. The van der Waals surface area contributed by atoms with Gasteiger partial charge in [-0.2, -0.15) is 5.10 Å². The summed E-state index contributed by atoms with van der Waals surface area (Å²) < 4.78 is 1.89. The molecule has 2 aromatic carbocycles. The van der Waals surface area contributed by atoms with E-state index < -0.39 is 0 Å². The van der Waals surface area contributed by atoms with Gasteiger partial charge >= 0.3 is 0 Å². The summed E-state index contributed by atoms with van der Waals surface area (Å²) >= 11 is 0. The lowest BCUT2D eigenvalue weighted by Crippen LogP contribution is -2.27. The smallest absolute Gasteiger partial charge is 0.165 e. The molecule has 0 bridgehead atoms. The van der Waals surface area contributed by atoms with E-state index in [9.17, 15) is 4.79 Å². The van der Waals surface area contributed by atoms with Gasteiger partial charge in [-0.05, 0) is 30.0 Å². The van der Waals surface area contributed by atoms with Crippen LogP contribution < -0.4 is 0 Å². The second-order valence-electron chi connectivity index (χ2n) is 8.26. The van der Waals surface area contributed by atoms with Crippen LogP contribution in [0.4, 0.5) is 0 Å². The molecule has 4 aromatic rings. The average molecular weight is 367 g/mol. The van der Waals surface area contributed by atoms with Crippen molar-refractivity contribution in [1.82, 2.24) is 14.8 Å². The molecule has 0 unspecified atom stereocenters. The summed E-state index contributed by atoms with van der Waals surface area (Å²) in [5, 5.41) is 5.82. The Kier molecular flexibility index (Phi) is 3.69.